The molecule has 2 aromatic carbocycles. The van der Waals surface area contributed by atoms with Gasteiger partial charge in [0.15, 0.2) is 5.84 Å². The number of hydrogen-bond donors (Lipinski definition) is 3. The van der Waals surface area contributed by atoms with Gasteiger partial charge in [-0.05, 0) is 43.3 Å². The summed E-state index contributed by atoms with van der Waals surface area (Å²) in [6, 6.07) is 14.8. The Morgan fingerprint density at radius 3 is 2.19 bits per heavy atom. The Hall–Kier alpha value is -2.70. The first-order valence-electron chi connectivity index (χ1n) is 9.74. The van der Waals surface area contributed by atoms with Crippen LogP contribution in [-0.4, -0.2) is 64.2 Å². The van der Waals surface area contributed by atoms with Crippen molar-refractivity contribution in [1.29, 1.82) is 5.41 Å². The van der Waals surface area contributed by atoms with Gasteiger partial charge in [0.2, 0.25) is 5.91 Å². The van der Waals surface area contributed by atoms with Gasteiger partial charge < -0.3 is 17.7 Å². The number of carboxylic acids is 1. The van der Waals surface area contributed by atoms with Gasteiger partial charge >= 0.3 is 0 Å². The molecule has 11 nitrogen and oxygen atoms in total. The molecule has 1 heterocycles. The van der Waals surface area contributed by atoms with Crippen molar-refractivity contribution in [2.45, 2.75) is 25.7 Å². The average molecular weight is 741 g/mol. The first kappa shape index (κ1) is 31.3. The van der Waals surface area contributed by atoms with Gasteiger partial charge in [0.05, 0.1) is 22.0 Å². The van der Waals surface area contributed by atoms with Crippen molar-refractivity contribution in [3.63, 3.8) is 0 Å². The fourth-order valence-corrected chi connectivity index (χ4v) is 4.50. The summed E-state index contributed by atoms with van der Waals surface area (Å²) in [4.78, 5) is 19.9. The topological polar surface area (TPSA) is 165 Å². The minimum atomic E-state index is -3.90. The van der Waals surface area contributed by atoms with E-state index in [-0.39, 0.29) is 38.0 Å². The van der Waals surface area contributed by atoms with Crippen LogP contribution in [0.5, 0.6) is 0 Å². The minimum absolute atomic E-state index is 0. The number of anilines is 1. The third-order valence-corrected chi connectivity index (χ3v) is 6.38. The quantitative estimate of drug-likeness (QED) is 0.175. The van der Waals surface area contributed by atoms with Gasteiger partial charge in [-0.1, -0.05) is 18.2 Å². The van der Waals surface area contributed by atoms with E-state index in [1.165, 1.54) is 29.3 Å². The standard InChI is InChI=1S/C19H18N6O3S3.C2H4O2.Pb/c1-12-17(18(20)25(22-12)15-6-4-3-5-7-15)19(29)30-24-21-14-8-10-16(11-9-14)31(27,28)23-13(2)26;1-2(3)4;/h3-11,20,29H,1-2H3,(H,23,26);1H3,(H,3,4);/p-1/b19-17-,20-18?,24-21?;;. The number of sulfonamides is 1. The number of amides is 1. The molecular formula is C21H21N6O5PbS3-. The second-order valence-corrected chi connectivity index (χ2v) is 9.89. The Morgan fingerprint density at radius 2 is 1.67 bits per heavy atom. The summed E-state index contributed by atoms with van der Waals surface area (Å²) < 4.78 is 30.1. The van der Waals surface area contributed by atoms with Crippen molar-refractivity contribution in [3.05, 3.63) is 64.4 Å². The molecule has 0 unspecified atom stereocenters. The van der Waals surface area contributed by atoms with Crippen LogP contribution in [0, 0.1) is 5.41 Å². The van der Waals surface area contributed by atoms with Crippen LogP contribution < -0.4 is 9.73 Å². The van der Waals surface area contributed by atoms with Crippen molar-refractivity contribution in [3.8, 4) is 0 Å². The second-order valence-electron chi connectivity index (χ2n) is 6.79. The zero-order valence-corrected chi connectivity index (χ0v) is 25.6. The molecule has 36 heavy (non-hydrogen) atoms. The van der Waals surface area contributed by atoms with E-state index in [9.17, 15) is 13.2 Å². The maximum Gasteiger partial charge on any atom is 0.300 e. The third kappa shape index (κ3) is 9.07. The summed E-state index contributed by atoms with van der Waals surface area (Å²) in [5.41, 5.74) is 2.26. The maximum absolute atomic E-state index is 11.9. The van der Waals surface area contributed by atoms with Crippen LogP contribution in [0.3, 0.4) is 0 Å². The molecule has 0 aliphatic carbocycles. The Kier molecular flexibility index (Phi) is 12.3. The van der Waals surface area contributed by atoms with E-state index < -0.39 is 21.9 Å². The van der Waals surface area contributed by atoms with Crippen molar-refractivity contribution in [1.82, 2.24) is 4.72 Å². The van der Waals surface area contributed by atoms with E-state index in [4.69, 9.17) is 27.9 Å². The number of carbonyl (C=O) groups excluding carboxylic acids is 1. The number of nitrogens with zero attached hydrogens (tertiary/aromatic N) is 4. The fraction of sp³-hybridized carbons (Fsp3) is 0.143. The number of hydrogen-bond acceptors (Lipinski definition) is 10. The molecule has 2 aromatic rings. The van der Waals surface area contributed by atoms with E-state index in [0.29, 0.717) is 21.2 Å². The van der Waals surface area contributed by atoms with Crippen LogP contribution in [0.2, 0.25) is 0 Å². The molecule has 1 aliphatic heterocycles. The monoisotopic (exact) mass is 741 g/mol. The van der Waals surface area contributed by atoms with E-state index in [1.807, 2.05) is 35.1 Å². The Labute approximate surface area is 238 Å². The van der Waals surface area contributed by atoms with Crippen LogP contribution in [0.4, 0.5) is 11.4 Å². The van der Waals surface area contributed by atoms with Gasteiger partial charge in [-0.3, -0.25) is 15.0 Å². The molecule has 3 rings (SSSR count). The Morgan fingerprint density at radius 1 is 1.11 bits per heavy atom. The third-order valence-electron chi connectivity index (χ3n) is 3.97. The van der Waals surface area contributed by atoms with Gasteiger partial charge in [0, 0.05) is 58.7 Å². The molecule has 0 aromatic heterocycles. The van der Waals surface area contributed by atoms with Crippen molar-refractivity contribution in [2.24, 2.45) is 14.7 Å². The Balaban J connectivity index is 0.00000120. The summed E-state index contributed by atoms with van der Waals surface area (Å²) >= 11 is 6.32. The molecule has 0 bridgehead atoms. The van der Waals surface area contributed by atoms with Gasteiger partial charge in [0.25, 0.3) is 16.0 Å². The molecule has 15 heteroatoms. The molecule has 0 saturated carbocycles. The fourth-order valence-electron chi connectivity index (χ4n) is 2.62. The number of benzene rings is 2. The zero-order chi connectivity index (χ0) is 26.2. The molecule has 3 N–H and O–H groups in total. The first-order chi connectivity index (χ1) is 16.4. The number of rotatable bonds is 6. The van der Waals surface area contributed by atoms with E-state index >= 15 is 0 Å². The van der Waals surface area contributed by atoms with Crippen LogP contribution in [0.25, 0.3) is 0 Å². The van der Waals surface area contributed by atoms with E-state index in [0.717, 1.165) is 31.5 Å². The summed E-state index contributed by atoms with van der Waals surface area (Å²) in [6.07, 6.45) is 0. The van der Waals surface area contributed by atoms with Crippen LogP contribution in [-0.2, 0) is 32.2 Å². The molecular weight excluding hydrogens is 720 g/mol. The largest absolute Gasteiger partial charge is 0.770 e. The molecule has 0 saturated heterocycles. The number of nitrogens with one attached hydrogen (secondary N) is 2. The maximum atomic E-state index is 11.9. The van der Waals surface area contributed by atoms with Crippen molar-refractivity contribution in [2.75, 3.05) is 5.01 Å². The summed E-state index contributed by atoms with van der Waals surface area (Å²) in [7, 11) is -3.90. The molecule has 1 amide bonds. The van der Waals surface area contributed by atoms with Gasteiger partial charge in [-0.25, -0.2) is 18.1 Å². The first-order valence-corrected chi connectivity index (χ1v) is 12.4. The van der Waals surface area contributed by atoms with Crippen LogP contribution in [0.1, 0.15) is 20.8 Å². The van der Waals surface area contributed by atoms with Crippen molar-refractivity contribution < 1.29 is 23.1 Å². The molecule has 0 spiro atoms. The second kappa shape index (κ2) is 14.1. The summed E-state index contributed by atoms with van der Waals surface area (Å²) in [5.74, 6) is -1.35. The van der Waals surface area contributed by atoms with Crippen LogP contribution >= 0.6 is 11.9 Å². The minimum Gasteiger partial charge on any atom is -0.770 e. The predicted octanol–water partition coefficient (Wildman–Crippen LogP) is 3.59. The molecule has 0 atom stereocenters. The van der Waals surface area contributed by atoms with Gasteiger partial charge in [-0.15, -0.1) is 13.9 Å². The van der Waals surface area contributed by atoms with Gasteiger partial charge in [0.1, 0.15) is 0 Å². The normalized spacial score (nSPS) is 14.4. The SMILES string of the molecule is CC(=O)NS(=O)(=O)c1ccc(N=NS/C([S-])=C2\C(=N)N(c3ccccc3)N=C2C)cc1.CC(=O)O.[Pb]. The Bertz CT molecular complexity index is 1310. The number of hydrazone groups is 1. The van der Waals surface area contributed by atoms with Crippen LogP contribution in [0.15, 0.2) is 84.0 Å². The van der Waals surface area contributed by atoms with Crippen molar-refractivity contribution >= 4 is 96.7 Å². The molecule has 0 fully saturated rings. The van der Waals surface area contributed by atoms with Gasteiger partial charge in [-0.2, -0.15) is 5.10 Å². The average Bonchev–Trinajstić information content (AvgIpc) is 3.07. The number of carboxylic acid groups (broad SMARTS) is 1. The van der Waals surface area contributed by atoms with E-state index in [2.05, 4.69) is 14.7 Å². The molecule has 1 aliphatic rings. The summed E-state index contributed by atoms with van der Waals surface area (Å²) in [5, 5.41) is 25.7. The summed E-state index contributed by atoms with van der Waals surface area (Å²) in [6.45, 7) is 3.97. The predicted molar refractivity (Wildman–Crippen MR) is 143 cm³/mol. The number of aliphatic carboxylic acids is 1. The zero-order valence-electron chi connectivity index (χ0n) is 19.3. The number of carbonyl (C=O) groups is 2. The smallest absolute Gasteiger partial charge is 0.300 e. The number of para-hydroxylation sites is 1. The van der Waals surface area contributed by atoms with E-state index in [1.54, 1.807) is 6.92 Å². The molecule has 188 valence electrons. The molecule has 4 radical (unpaired) electrons. The number of amidine groups is 1.